The lowest BCUT2D eigenvalue weighted by molar-refractivity contribution is -0.0978. The maximum atomic E-state index is 12.7. The summed E-state index contributed by atoms with van der Waals surface area (Å²) in [5.41, 5.74) is 11.9. The topological polar surface area (TPSA) is 103 Å². The zero-order chi connectivity index (χ0) is 22.0. The predicted octanol–water partition coefficient (Wildman–Crippen LogP) is 3.42. The van der Waals surface area contributed by atoms with Gasteiger partial charge >= 0.3 is 0 Å². The minimum Gasteiger partial charge on any atom is -0.384 e. The molecule has 0 radical (unpaired) electrons. The summed E-state index contributed by atoms with van der Waals surface area (Å²) in [6.45, 7) is 8.09. The minimum atomic E-state index is -0.0722. The van der Waals surface area contributed by atoms with E-state index in [1.165, 1.54) is 0 Å². The Morgan fingerprint density at radius 1 is 1.16 bits per heavy atom. The molecule has 1 aliphatic heterocycles. The molecule has 2 aromatic heterocycles. The zero-order valence-electron chi connectivity index (χ0n) is 18.1. The van der Waals surface area contributed by atoms with E-state index in [2.05, 4.69) is 34.1 Å². The van der Waals surface area contributed by atoms with Crippen LogP contribution in [-0.4, -0.2) is 40.6 Å². The van der Waals surface area contributed by atoms with Gasteiger partial charge in [-0.2, -0.15) is 0 Å². The summed E-state index contributed by atoms with van der Waals surface area (Å²) in [4.78, 5) is 26.0. The molecule has 0 spiro atoms. The molecule has 4 rings (SSSR count). The summed E-state index contributed by atoms with van der Waals surface area (Å²) in [6, 6.07) is 9.50. The highest BCUT2D eigenvalue weighted by atomic mass is 16.5. The first kappa shape index (κ1) is 20.9. The SMILES string of the molecule is CCc1ncnc(-c2ccc(C(=O)NCC3(C)COC3)c(C)c2)c1-c1ccc(N)nc1. The van der Waals surface area contributed by atoms with E-state index in [-0.39, 0.29) is 11.3 Å². The molecule has 3 N–H and O–H groups in total. The molecule has 7 nitrogen and oxygen atoms in total. The number of rotatable bonds is 6. The van der Waals surface area contributed by atoms with Crippen molar-refractivity contribution in [2.45, 2.75) is 27.2 Å². The lowest BCUT2D eigenvalue weighted by Gasteiger charge is -2.38. The second-order valence-corrected chi connectivity index (χ2v) is 8.39. The molecule has 31 heavy (non-hydrogen) atoms. The van der Waals surface area contributed by atoms with Gasteiger partial charge in [-0.05, 0) is 43.2 Å². The number of aromatic nitrogens is 3. The number of aryl methyl sites for hydroxylation is 2. The number of amides is 1. The average Bonchev–Trinajstić information content (AvgIpc) is 2.76. The number of pyridine rings is 1. The van der Waals surface area contributed by atoms with Gasteiger partial charge in [0.05, 0.1) is 24.6 Å². The van der Waals surface area contributed by atoms with Crippen LogP contribution in [0.3, 0.4) is 0 Å². The lowest BCUT2D eigenvalue weighted by atomic mass is 9.88. The third-order valence-electron chi connectivity index (χ3n) is 5.66. The van der Waals surface area contributed by atoms with E-state index in [0.29, 0.717) is 31.1 Å². The summed E-state index contributed by atoms with van der Waals surface area (Å²) in [5.74, 6) is 0.394. The fraction of sp³-hybridized carbons (Fsp3) is 0.333. The number of benzene rings is 1. The van der Waals surface area contributed by atoms with Crippen molar-refractivity contribution in [2.75, 3.05) is 25.5 Å². The molecule has 1 amide bonds. The predicted molar refractivity (Wildman–Crippen MR) is 120 cm³/mol. The van der Waals surface area contributed by atoms with Crippen molar-refractivity contribution in [1.82, 2.24) is 20.3 Å². The number of anilines is 1. The van der Waals surface area contributed by atoms with Crippen LogP contribution in [0, 0.1) is 12.3 Å². The fourth-order valence-corrected chi connectivity index (χ4v) is 3.77. The molecule has 0 unspecified atom stereocenters. The van der Waals surface area contributed by atoms with Gasteiger partial charge in [0, 0.05) is 40.4 Å². The molecule has 1 aliphatic rings. The van der Waals surface area contributed by atoms with Crippen LogP contribution in [0.15, 0.2) is 42.9 Å². The molecule has 1 aromatic carbocycles. The van der Waals surface area contributed by atoms with E-state index in [9.17, 15) is 4.79 Å². The summed E-state index contributed by atoms with van der Waals surface area (Å²) in [6.07, 6.45) is 4.09. The Balaban J connectivity index is 1.66. The molecule has 7 heteroatoms. The average molecular weight is 418 g/mol. The quantitative estimate of drug-likeness (QED) is 0.637. The largest absolute Gasteiger partial charge is 0.384 e. The van der Waals surface area contributed by atoms with Gasteiger partial charge in [0.1, 0.15) is 12.1 Å². The number of hydrogen-bond donors (Lipinski definition) is 2. The van der Waals surface area contributed by atoms with Crippen molar-refractivity contribution in [3.63, 3.8) is 0 Å². The van der Waals surface area contributed by atoms with Crippen LogP contribution in [0.1, 0.15) is 35.5 Å². The number of carbonyl (C=O) groups is 1. The van der Waals surface area contributed by atoms with Crippen molar-refractivity contribution in [2.24, 2.45) is 5.41 Å². The maximum Gasteiger partial charge on any atom is 0.251 e. The van der Waals surface area contributed by atoms with Crippen molar-refractivity contribution in [3.05, 3.63) is 59.7 Å². The first-order valence-electron chi connectivity index (χ1n) is 10.4. The summed E-state index contributed by atoms with van der Waals surface area (Å²) >= 11 is 0. The van der Waals surface area contributed by atoms with Crippen molar-refractivity contribution < 1.29 is 9.53 Å². The third-order valence-corrected chi connectivity index (χ3v) is 5.66. The van der Waals surface area contributed by atoms with Crippen LogP contribution in [-0.2, 0) is 11.2 Å². The number of ether oxygens (including phenoxy) is 1. The number of nitrogens with zero attached hydrogens (tertiary/aromatic N) is 3. The van der Waals surface area contributed by atoms with Gasteiger partial charge in [0.2, 0.25) is 0 Å². The fourth-order valence-electron chi connectivity index (χ4n) is 3.77. The number of nitrogens with one attached hydrogen (secondary N) is 1. The number of carbonyl (C=O) groups excluding carboxylic acids is 1. The summed E-state index contributed by atoms with van der Waals surface area (Å²) in [5, 5.41) is 3.04. The molecule has 1 saturated heterocycles. The van der Waals surface area contributed by atoms with E-state index in [4.69, 9.17) is 10.5 Å². The first-order chi connectivity index (χ1) is 14.9. The Hall–Kier alpha value is -3.32. The highest BCUT2D eigenvalue weighted by Crippen LogP contribution is 2.33. The first-order valence-corrected chi connectivity index (χ1v) is 10.4. The highest BCUT2D eigenvalue weighted by molar-refractivity contribution is 5.96. The van der Waals surface area contributed by atoms with Crippen LogP contribution in [0.5, 0.6) is 0 Å². The molecule has 0 saturated carbocycles. The lowest BCUT2D eigenvalue weighted by Crippen LogP contribution is -2.48. The molecule has 3 heterocycles. The standard InChI is InChI=1S/C24H27N5O2/c1-4-19-21(17-6-8-20(25)26-10-17)22(29-14-28-19)16-5-7-18(15(2)9-16)23(30)27-11-24(3)12-31-13-24/h5-10,14H,4,11-13H2,1-3H3,(H2,25,26)(H,27,30). The van der Waals surface area contributed by atoms with Gasteiger partial charge < -0.3 is 15.8 Å². The number of nitrogens with two attached hydrogens (primary N) is 1. The second-order valence-electron chi connectivity index (χ2n) is 8.39. The second kappa shape index (κ2) is 8.43. The van der Waals surface area contributed by atoms with E-state index in [1.807, 2.05) is 31.2 Å². The van der Waals surface area contributed by atoms with Crippen LogP contribution in [0.25, 0.3) is 22.4 Å². The monoisotopic (exact) mass is 417 g/mol. The minimum absolute atomic E-state index is 0.0308. The number of hydrogen-bond acceptors (Lipinski definition) is 6. The molecule has 160 valence electrons. The third kappa shape index (κ3) is 4.27. The summed E-state index contributed by atoms with van der Waals surface area (Å²) < 4.78 is 5.26. The molecule has 3 aromatic rings. The molecular weight excluding hydrogens is 390 g/mol. The Morgan fingerprint density at radius 3 is 2.55 bits per heavy atom. The van der Waals surface area contributed by atoms with E-state index < -0.39 is 0 Å². The molecule has 0 aliphatic carbocycles. The smallest absolute Gasteiger partial charge is 0.251 e. The van der Waals surface area contributed by atoms with E-state index >= 15 is 0 Å². The van der Waals surface area contributed by atoms with Gasteiger partial charge in [-0.3, -0.25) is 4.79 Å². The van der Waals surface area contributed by atoms with Crippen molar-refractivity contribution in [1.29, 1.82) is 0 Å². The summed E-state index contributed by atoms with van der Waals surface area (Å²) in [7, 11) is 0. The normalized spacial score (nSPS) is 14.7. The highest BCUT2D eigenvalue weighted by Gasteiger charge is 2.33. The Bertz CT molecular complexity index is 1110. The Kier molecular flexibility index (Phi) is 5.69. The maximum absolute atomic E-state index is 12.7. The molecule has 0 atom stereocenters. The van der Waals surface area contributed by atoms with E-state index in [1.54, 1.807) is 18.6 Å². The van der Waals surface area contributed by atoms with Crippen LogP contribution < -0.4 is 11.1 Å². The van der Waals surface area contributed by atoms with Crippen LogP contribution in [0.4, 0.5) is 5.82 Å². The van der Waals surface area contributed by atoms with Crippen LogP contribution in [0.2, 0.25) is 0 Å². The van der Waals surface area contributed by atoms with Gasteiger partial charge in [-0.15, -0.1) is 0 Å². The van der Waals surface area contributed by atoms with Crippen molar-refractivity contribution in [3.8, 4) is 22.4 Å². The molecule has 1 fully saturated rings. The molecule has 0 bridgehead atoms. The zero-order valence-corrected chi connectivity index (χ0v) is 18.1. The Morgan fingerprint density at radius 2 is 1.94 bits per heavy atom. The number of nitrogen functional groups attached to an aromatic ring is 1. The van der Waals surface area contributed by atoms with Gasteiger partial charge in [-0.1, -0.05) is 19.9 Å². The van der Waals surface area contributed by atoms with Crippen molar-refractivity contribution >= 4 is 11.7 Å². The van der Waals surface area contributed by atoms with Gasteiger partial charge in [0.15, 0.2) is 0 Å². The van der Waals surface area contributed by atoms with Gasteiger partial charge in [-0.25, -0.2) is 15.0 Å². The molecular formula is C24H27N5O2. The van der Waals surface area contributed by atoms with Crippen LogP contribution >= 0.6 is 0 Å². The Labute approximate surface area is 182 Å². The van der Waals surface area contributed by atoms with Gasteiger partial charge in [0.25, 0.3) is 5.91 Å². The van der Waals surface area contributed by atoms with E-state index in [0.717, 1.165) is 40.1 Å².